The summed E-state index contributed by atoms with van der Waals surface area (Å²) < 4.78 is 67.3. The van der Waals surface area contributed by atoms with Gasteiger partial charge in [-0.2, -0.15) is 13.2 Å². The molecule has 0 saturated heterocycles. The van der Waals surface area contributed by atoms with Crippen LogP contribution in [0.25, 0.3) is 11.1 Å². The third kappa shape index (κ3) is 4.70. The number of hydrogen-bond acceptors (Lipinski definition) is 5. The first-order valence-corrected chi connectivity index (χ1v) is 9.06. The first kappa shape index (κ1) is 19.2. The average molecular weight is 375 g/mol. The molecule has 0 aliphatic heterocycles. The zero-order valence-electron chi connectivity index (χ0n) is 13.4. The summed E-state index contributed by atoms with van der Waals surface area (Å²) >= 11 is 0. The molecule has 0 saturated carbocycles. The maximum Gasteiger partial charge on any atom is 0.417 e. The van der Waals surface area contributed by atoms with Crippen LogP contribution in [0, 0.1) is 0 Å². The van der Waals surface area contributed by atoms with Crippen molar-refractivity contribution in [1.82, 2.24) is 4.98 Å². The largest absolute Gasteiger partial charge is 0.472 e. The molecule has 0 radical (unpaired) electrons. The Labute approximate surface area is 143 Å². The van der Waals surface area contributed by atoms with Crippen molar-refractivity contribution in [2.75, 3.05) is 12.9 Å². The maximum absolute atomic E-state index is 13.0. The van der Waals surface area contributed by atoms with E-state index in [2.05, 4.69) is 4.98 Å². The SMILES string of the molecule is CC(CO)Oc1ncc(C(F)(F)F)cc1-c1ccc(S(C)(=O)=O)cc1. The highest BCUT2D eigenvalue weighted by Crippen LogP contribution is 2.36. The van der Waals surface area contributed by atoms with Gasteiger partial charge in [0, 0.05) is 18.0 Å². The molecule has 1 atom stereocenters. The van der Waals surface area contributed by atoms with Crippen molar-refractivity contribution < 1.29 is 31.4 Å². The molecule has 5 nitrogen and oxygen atoms in total. The lowest BCUT2D eigenvalue weighted by Crippen LogP contribution is -2.18. The highest BCUT2D eigenvalue weighted by Gasteiger charge is 2.32. The fraction of sp³-hybridized carbons (Fsp3) is 0.312. The molecule has 1 heterocycles. The normalized spacial score (nSPS) is 13.5. The zero-order chi connectivity index (χ0) is 18.8. The second kappa shape index (κ2) is 7.01. The number of aromatic nitrogens is 1. The Morgan fingerprint density at radius 2 is 1.84 bits per heavy atom. The number of halogens is 3. The zero-order valence-corrected chi connectivity index (χ0v) is 14.2. The number of hydrogen-bond donors (Lipinski definition) is 1. The highest BCUT2D eigenvalue weighted by molar-refractivity contribution is 7.90. The van der Waals surface area contributed by atoms with Gasteiger partial charge in [0.2, 0.25) is 5.88 Å². The molecule has 1 aromatic carbocycles. The van der Waals surface area contributed by atoms with E-state index in [0.717, 1.165) is 12.3 Å². The molecule has 25 heavy (non-hydrogen) atoms. The Hall–Kier alpha value is -2.13. The van der Waals surface area contributed by atoms with Gasteiger partial charge in [-0.1, -0.05) is 12.1 Å². The Balaban J connectivity index is 2.55. The van der Waals surface area contributed by atoms with Crippen molar-refractivity contribution in [3.63, 3.8) is 0 Å². The van der Waals surface area contributed by atoms with E-state index in [1.54, 1.807) is 0 Å². The van der Waals surface area contributed by atoms with Gasteiger partial charge in [0.25, 0.3) is 0 Å². The van der Waals surface area contributed by atoms with E-state index in [0.29, 0.717) is 11.8 Å². The summed E-state index contributed by atoms with van der Waals surface area (Å²) in [7, 11) is -3.43. The molecule has 9 heteroatoms. The number of nitrogens with zero attached hydrogens (tertiary/aromatic N) is 1. The van der Waals surface area contributed by atoms with Crippen LogP contribution in [-0.2, 0) is 16.0 Å². The number of rotatable bonds is 5. The molecule has 0 aliphatic rings. The van der Waals surface area contributed by atoms with Gasteiger partial charge in [-0.15, -0.1) is 0 Å². The van der Waals surface area contributed by atoms with Crippen LogP contribution in [0.3, 0.4) is 0 Å². The molecule has 1 unspecified atom stereocenters. The second-order valence-electron chi connectivity index (χ2n) is 5.48. The van der Waals surface area contributed by atoms with Gasteiger partial charge in [0.05, 0.1) is 17.1 Å². The van der Waals surface area contributed by atoms with Gasteiger partial charge < -0.3 is 9.84 Å². The predicted molar refractivity (Wildman–Crippen MR) is 85.0 cm³/mol. The van der Waals surface area contributed by atoms with E-state index in [-0.39, 0.29) is 22.9 Å². The van der Waals surface area contributed by atoms with Crippen LogP contribution in [0.15, 0.2) is 41.4 Å². The van der Waals surface area contributed by atoms with Crippen molar-refractivity contribution in [2.24, 2.45) is 0 Å². The third-order valence-electron chi connectivity index (χ3n) is 3.34. The fourth-order valence-electron chi connectivity index (χ4n) is 2.02. The smallest absolute Gasteiger partial charge is 0.417 e. The summed E-state index contributed by atoms with van der Waals surface area (Å²) in [6.45, 7) is 1.20. The molecular weight excluding hydrogens is 359 g/mol. The van der Waals surface area contributed by atoms with E-state index in [4.69, 9.17) is 9.84 Å². The number of ether oxygens (including phenoxy) is 1. The Kier molecular flexibility index (Phi) is 5.38. The van der Waals surface area contributed by atoms with Crippen LogP contribution >= 0.6 is 0 Å². The van der Waals surface area contributed by atoms with Crippen LogP contribution in [0.5, 0.6) is 5.88 Å². The van der Waals surface area contributed by atoms with Gasteiger partial charge in [-0.3, -0.25) is 0 Å². The summed E-state index contributed by atoms with van der Waals surface area (Å²) in [6, 6.07) is 6.23. The molecule has 0 bridgehead atoms. The first-order chi connectivity index (χ1) is 11.5. The van der Waals surface area contributed by atoms with Crippen molar-refractivity contribution in [3.8, 4) is 17.0 Å². The van der Waals surface area contributed by atoms with Crippen molar-refractivity contribution in [2.45, 2.75) is 24.1 Å². The lowest BCUT2D eigenvalue weighted by Gasteiger charge is -2.16. The van der Waals surface area contributed by atoms with E-state index in [1.807, 2.05) is 0 Å². The van der Waals surface area contributed by atoms with Gasteiger partial charge in [0.1, 0.15) is 6.10 Å². The van der Waals surface area contributed by atoms with E-state index >= 15 is 0 Å². The molecule has 2 rings (SSSR count). The topological polar surface area (TPSA) is 76.5 Å². The Morgan fingerprint density at radius 3 is 2.32 bits per heavy atom. The number of aliphatic hydroxyl groups excluding tert-OH is 1. The van der Waals surface area contributed by atoms with Crippen LogP contribution in [0.4, 0.5) is 13.2 Å². The van der Waals surface area contributed by atoms with Gasteiger partial charge >= 0.3 is 6.18 Å². The number of pyridine rings is 1. The summed E-state index contributed by atoms with van der Waals surface area (Å²) in [5, 5.41) is 9.07. The van der Waals surface area contributed by atoms with Crippen molar-refractivity contribution in [3.05, 3.63) is 42.1 Å². The maximum atomic E-state index is 13.0. The fourth-order valence-corrected chi connectivity index (χ4v) is 2.65. The standard InChI is InChI=1S/C16H16F3NO4S/c1-10(9-21)24-15-14(7-12(8-20-15)16(17,18)19)11-3-5-13(6-4-11)25(2,22)23/h3-8,10,21H,9H2,1-2H3. The average Bonchev–Trinajstić information content (AvgIpc) is 2.53. The Morgan fingerprint density at radius 1 is 1.24 bits per heavy atom. The molecular formula is C16H16F3NO4S. The molecule has 0 fully saturated rings. The summed E-state index contributed by atoms with van der Waals surface area (Å²) in [5.41, 5.74) is -0.597. The minimum absolute atomic E-state index is 0.0439. The Bertz CT molecular complexity index is 849. The molecule has 0 amide bonds. The predicted octanol–water partition coefficient (Wildman–Crippen LogP) is 2.93. The van der Waals surface area contributed by atoms with Gasteiger partial charge in [0.15, 0.2) is 9.84 Å². The minimum Gasteiger partial charge on any atom is -0.472 e. The van der Waals surface area contributed by atoms with Crippen LogP contribution in [-0.4, -0.2) is 37.5 Å². The van der Waals surface area contributed by atoms with Crippen LogP contribution < -0.4 is 4.74 Å². The lowest BCUT2D eigenvalue weighted by atomic mass is 10.1. The monoisotopic (exact) mass is 375 g/mol. The molecule has 1 N–H and O–H groups in total. The van der Waals surface area contributed by atoms with Gasteiger partial charge in [-0.05, 0) is 30.7 Å². The molecule has 0 aliphatic carbocycles. The quantitative estimate of drug-likeness (QED) is 0.870. The van der Waals surface area contributed by atoms with Crippen molar-refractivity contribution in [1.29, 1.82) is 0 Å². The van der Waals surface area contributed by atoms with Crippen molar-refractivity contribution >= 4 is 9.84 Å². The van der Waals surface area contributed by atoms with E-state index in [9.17, 15) is 21.6 Å². The molecule has 0 spiro atoms. The third-order valence-corrected chi connectivity index (χ3v) is 4.47. The molecule has 136 valence electrons. The number of sulfone groups is 1. The lowest BCUT2D eigenvalue weighted by molar-refractivity contribution is -0.137. The summed E-state index contributed by atoms with van der Waals surface area (Å²) in [4.78, 5) is 3.75. The summed E-state index contributed by atoms with van der Waals surface area (Å²) in [5.74, 6) is -0.0818. The second-order valence-corrected chi connectivity index (χ2v) is 7.50. The van der Waals surface area contributed by atoms with Crippen LogP contribution in [0.2, 0.25) is 0 Å². The molecule has 2 aromatic rings. The molecule has 1 aromatic heterocycles. The van der Waals surface area contributed by atoms with Crippen LogP contribution in [0.1, 0.15) is 12.5 Å². The summed E-state index contributed by atoms with van der Waals surface area (Å²) in [6.07, 6.45) is -3.58. The first-order valence-electron chi connectivity index (χ1n) is 7.17. The van der Waals surface area contributed by atoms with E-state index in [1.165, 1.54) is 31.2 Å². The highest BCUT2D eigenvalue weighted by atomic mass is 32.2. The minimum atomic E-state index is -4.59. The number of alkyl halides is 3. The van der Waals surface area contributed by atoms with E-state index < -0.39 is 27.7 Å². The number of aliphatic hydroxyl groups is 1. The van der Waals surface area contributed by atoms with Gasteiger partial charge in [-0.25, -0.2) is 13.4 Å². The number of benzene rings is 1.